The molecule has 98 valence electrons. The van der Waals surface area contributed by atoms with E-state index in [-0.39, 0.29) is 5.82 Å². The molecule has 0 radical (unpaired) electrons. The first-order valence-electron chi connectivity index (χ1n) is 6.16. The molecule has 0 fully saturated rings. The van der Waals surface area contributed by atoms with Gasteiger partial charge in [-0.1, -0.05) is 19.9 Å². The molecule has 0 aliphatic rings. The second-order valence-corrected chi connectivity index (χ2v) is 4.84. The molecular formula is C14H20FN3. The summed E-state index contributed by atoms with van der Waals surface area (Å²) in [6, 6.07) is 6.85. The van der Waals surface area contributed by atoms with Crippen LogP contribution in [0.4, 0.5) is 10.1 Å². The van der Waals surface area contributed by atoms with Crippen molar-refractivity contribution in [2.45, 2.75) is 26.8 Å². The van der Waals surface area contributed by atoms with E-state index >= 15 is 0 Å². The van der Waals surface area contributed by atoms with Crippen LogP contribution in [0.3, 0.4) is 0 Å². The molecule has 0 bridgehead atoms. The highest BCUT2D eigenvalue weighted by Crippen LogP contribution is 2.18. The molecule has 0 heterocycles. The number of halogens is 1. The van der Waals surface area contributed by atoms with Crippen molar-refractivity contribution in [2.24, 2.45) is 5.92 Å². The Morgan fingerprint density at radius 1 is 1.44 bits per heavy atom. The highest BCUT2D eigenvalue weighted by molar-refractivity contribution is 5.47. The van der Waals surface area contributed by atoms with Crippen molar-refractivity contribution in [1.29, 1.82) is 5.26 Å². The van der Waals surface area contributed by atoms with E-state index in [1.165, 1.54) is 6.07 Å². The Morgan fingerprint density at radius 3 is 2.72 bits per heavy atom. The third kappa shape index (κ3) is 4.34. The Balaban J connectivity index is 2.78. The molecule has 18 heavy (non-hydrogen) atoms. The first-order chi connectivity index (χ1) is 8.54. The number of nitrogen functional groups attached to an aromatic ring is 1. The van der Waals surface area contributed by atoms with E-state index in [9.17, 15) is 4.39 Å². The maximum atomic E-state index is 13.7. The molecule has 0 aromatic heterocycles. The number of nitrogens with zero attached hydrogens (tertiary/aromatic N) is 2. The molecule has 0 unspecified atom stereocenters. The lowest BCUT2D eigenvalue weighted by atomic mass is 10.1. The Bertz CT molecular complexity index is 403. The van der Waals surface area contributed by atoms with E-state index < -0.39 is 0 Å². The zero-order valence-corrected chi connectivity index (χ0v) is 11.0. The van der Waals surface area contributed by atoms with E-state index in [1.54, 1.807) is 12.1 Å². The molecule has 3 nitrogen and oxygen atoms in total. The van der Waals surface area contributed by atoms with Gasteiger partial charge in [0, 0.05) is 37.3 Å². The van der Waals surface area contributed by atoms with Gasteiger partial charge in [0.2, 0.25) is 0 Å². The average Bonchev–Trinajstić information content (AvgIpc) is 2.30. The minimum absolute atomic E-state index is 0.277. The van der Waals surface area contributed by atoms with Crippen LogP contribution in [0.25, 0.3) is 0 Å². The van der Waals surface area contributed by atoms with Gasteiger partial charge in [-0.3, -0.25) is 4.90 Å². The second kappa shape index (κ2) is 6.97. The van der Waals surface area contributed by atoms with Gasteiger partial charge in [-0.05, 0) is 18.1 Å². The number of nitrogens with two attached hydrogens (primary N) is 1. The molecule has 0 saturated heterocycles. The molecule has 0 spiro atoms. The van der Waals surface area contributed by atoms with E-state index in [4.69, 9.17) is 11.0 Å². The van der Waals surface area contributed by atoms with Gasteiger partial charge in [0.15, 0.2) is 0 Å². The molecule has 1 rings (SSSR count). The van der Waals surface area contributed by atoms with Gasteiger partial charge >= 0.3 is 0 Å². The van der Waals surface area contributed by atoms with Crippen LogP contribution in [0.2, 0.25) is 0 Å². The number of anilines is 1. The first kappa shape index (κ1) is 14.5. The number of benzene rings is 1. The number of rotatable bonds is 6. The van der Waals surface area contributed by atoms with Crippen LogP contribution in [-0.4, -0.2) is 18.0 Å². The van der Waals surface area contributed by atoms with Crippen LogP contribution in [0, 0.1) is 23.1 Å². The lowest BCUT2D eigenvalue weighted by Crippen LogP contribution is -2.29. The highest BCUT2D eigenvalue weighted by atomic mass is 19.1. The summed E-state index contributed by atoms with van der Waals surface area (Å²) in [5.41, 5.74) is 6.79. The maximum absolute atomic E-state index is 13.7. The van der Waals surface area contributed by atoms with Gasteiger partial charge in [0.1, 0.15) is 5.82 Å². The van der Waals surface area contributed by atoms with Crippen molar-refractivity contribution in [2.75, 3.05) is 18.8 Å². The van der Waals surface area contributed by atoms with Crippen LogP contribution >= 0.6 is 0 Å². The Morgan fingerprint density at radius 2 is 2.17 bits per heavy atom. The normalized spacial score (nSPS) is 10.9. The van der Waals surface area contributed by atoms with E-state index in [1.807, 2.05) is 0 Å². The average molecular weight is 249 g/mol. The summed E-state index contributed by atoms with van der Waals surface area (Å²) in [7, 11) is 0. The fraction of sp³-hybridized carbons (Fsp3) is 0.500. The Hall–Kier alpha value is -1.60. The molecule has 4 heteroatoms. The summed E-state index contributed by atoms with van der Waals surface area (Å²) in [4.78, 5) is 2.07. The minimum Gasteiger partial charge on any atom is -0.398 e. The third-order valence-electron chi connectivity index (χ3n) is 2.70. The summed E-state index contributed by atoms with van der Waals surface area (Å²) < 4.78 is 13.7. The van der Waals surface area contributed by atoms with Crippen LogP contribution in [0.15, 0.2) is 18.2 Å². The van der Waals surface area contributed by atoms with Crippen molar-refractivity contribution in [3.05, 3.63) is 29.6 Å². The lowest BCUT2D eigenvalue weighted by molar-refractivity contribution is 0.238. The summed E-state index contributed by atoms with van der Waals surface area (Å²) in [6.45, 7) is 6.13. The third-order valence-corrected chi connectivity index (χ3v) is 2.70. The van der Waals surface area contributed by atoms with Crippen molar-refractivity contribution in [3.8, 4) is 6.07 Å². The first-order valence-corrected chi connectivity index (χ1v) is 6.16. The summed E-state index contributed by atoms with van der Waals surface area (Å²) >= 11 is 0. The van der Waals surface area contributed by atoms with Crippen LogP contribution in [-0.2, 0) is 6.54 Å². The SMILES string of the molecule is CC(C)CN(CCC#N)Cc1c(N)cccc1F. The molecule has 0 atom stereocenters. The zero-order chi connectivity index (χ0) is 13.5. The van der Waals surface area contributed by atoms with Crippen molar-refractivity contribution < 1.29 is 4.39 Å². The van der Waals surface area contributed by atoms with E-state index in [0.29, 0.717) is 36.7 Å². The monoisotopic (exact) mass is 249 g/mol. The van der Waals surface area contributed by atoms with Crippen LogP contribution in [0.5, 0.6) is 0 Å². The highest BCUT2D eigenvalue weighted by Gasteiger charge is 2.13. The minimum atomic E-state index is -0.277. The largest absolute Gasteiger partial charge is 0.398 e. The van der Waals surface area contributed by atoms with E-state index in [2.05, 4.69) is 24.8 Å². The zero-order valence-electron chi connectivity index (χ0n) is 11.0. The van der Waals surface area contributed by atoms with Crippen molar-refractivity contribution in [3.63, 3.8) is 0 Å². The van der Waals surface area contributed by atoms with Gasteiger partial charge in [0.25, 0.3) is 0 Å². The maximum Gasteiger partial charge on any atom is 0.129 e. The summed E-state index contributed by atoms with van der Waals surface area (Å²) in [5, 5.41) is 8.65. The topological polar surface area (TPSA) is 53.0 Å². The van der Waals surface area contributed by atoms with Crippen molar-refractivity contribution in [1.82, 2.24) is 4.90 Å². The summed E-state index contributed by atoms with van der Waals surface area (Å²) in [6.07, 6.45) is 0.446. The molecule has 0 saturated carbocycles. The molecular weight excluding hydrogens is 229 g/mol. The molecule has 0 amide bonds. The Labute approximate surface area is 108 Å². The molecule has 2 N–H and O–H groups in total. The van der Waals surface area contributed by atoms with Crippen LogP contribution in [0.1, 0.15) is 25.8 Å². The van der Waals surface area contributed by atoms with Gasteiger partial charge in [-0.2, -0.15) is 5.26 Å². The molecule has 0 aliphatic heterocycles. The Kier molecular flexibility index (Phi) is 5.60. The standard InChI is InChI=1S/C14H20FN3/c1-11(2)9-18(8-4-7-16)10-12-13(15)5-3-6-14(12)17/h3,5-6,11H,4,8-10,17H2,1-2H3. The van der Waals surface area contributed by atoms with Gasteiger partial charge in [-0.25, -0.2) is 4.39 Å². The smallest absolute Gasteiger partial charge is 0.129 e. The molecule has 0 aliphatic carbocycles. The quantitative estimate of drug-likeness (QED) is 0.789. The predicted molar refractivity (Wildman–Crippen MR) is 71.2 cm³/mol. The fourth-order valence-corrected chi connectivity index (χ4v) is 1.93. The fourth-order valence-electron chi connectivity index (χ4n) is 1.93. The van der Waals surface area contributed by atoms with Crippen molar-refractivity contribution >= 4 is 5.69 Å². The number of hydrogen-bond donors (Lipinski definition) is 1. The predicted octanol–water partition coefficient (Wildman–Crippen LogP) is 2.78. The van der Waals surface area contributed by atoms with Gasteiger partial charge in [-0.15, -0.1) is 0 Å². The van der Waals surface area contributed by atoms with Gasteiger partial charge in [0.05, 0.1) is 6.07 Å². The van der Waals surface area contributed by atoms with Gasteiger partial charge < -0.3 is 5.73 Å². The van der Waals surface area contributed by atoms with Crippen LogP contribution < -0.4 is 5.73 Å². The number of hydrogen-bond acceptors (Lipinski definition) is 3. The molecule has 1 aromatic rings. The molecule has 1 aromatic carbocycles. The second-order valence-electron chi connectivity index (χ2n) is 4.84. The van der Waals surface area contributed by atoms with E-state index in [0.717, 1.165) is 6.54 Å². The number of nitriles is 1. The lowest BCUT2D eigenvalue weighted by Gasteiger charge is -2.24. The summed E-state index contributed by atoms with van der Waals surface area (Å²) in [5.74, 6) is 0.192.